The van der Waals surface area contributed by atoms with E-state index in [-0.39, 0.29) is 5.91 Å². The zero-order chi connectivity index (χ0) is 18.7. The first-order valence-electron chi connectivity index (χ1n) is 8.89. The van der Waals surface area contributed by atoms with Gasteiger partial charge in [0.25, 0.3) is 5.91 Å². The number of carbonyl (C=O) groups is 1. The summed E-state index contributed by atoms with van der Waals surface area (Å²) in [6, 6.07) is 2.13. The van der Waals surface area contributed by atoms with Gasteiger partial charge in [-0.1, -0.05) is 0 Å². The maximum absolute atomic E-state index is 13.0. The lowest BCUT2D eigenvalue weighted by Crippen LogP contribution is -2.31. The van der Waals surface area contributed by atoms with E-state index in [4.69, 9.17) is 4.74 Å². The van der Waals surface area contributed by atoms with Crippen LogP contribution in [0.2, 0.25) is 0 Å². The number of pyridine rings is 1. The van der Waals surface area contributed by atoms with Gasteiger partial charge in [-0.3, -0.25) is 14.7 Å². The van der Waals surface area contributed by atoms with E-state index < -0.39 is 0 Å². The van der Waals surface area contributed by atoms with Crippen molar-refractivity contribution in [2.75, 3.05) is 20.7 Å². The van der Waals surface area contributed by atoms with Gasteiger partial charge in [0.05, 0.1) is 32.0 Å². The van der Waals surface area contributed by atoms with Crippen LogP contribution in [0.3, 0.4) is 0 Å². The Kier molecular flexibility index (Phi) is 5.51. The standard InChI is InChI=1S/C18H26N6O2/c1-13(2)22(3)11-16-20-21-17-12-23(8-5-9-24(16)17)18(25)14-6-7-19-10-15(14)26-4/h6-7,10,13H,5,8-9,11-12H2,1-4H3. The number of amides is 1. The van der Waals surface area contributed by atoms with Gasteiger partial charge in [0.1, 0.15) is 11.6 Å². The second kappa shape index (κ2) is 7.82. The van der Waals surface area contributed by atoms with Crippen LogP contribution in [-0.2, 0) is 19.6 Å². The van der Waals surface area contributed by atoms with E-state index >= 15 is 0 Å². The van der Waals surface area contributed by atoms with Crippen LogP contribution >= 0.6 is 0 Å². The Labute approximate surface area is 153 Å². The minimum Gasteiger partial charge on any atom is -0.494 e. The van der Waals surface area contributed by atoms with Gasteiger partial charge in [-0.2, -0.15) is 0 Å². The third-order valence-electron chi connectivity index (χ3n) is 4.84. The quantitative estimate of drug-likeness (QED) is 0.807. The lowest BCUT2D eigenvalue weighted by atomic mass is 10.2. The number of aromatic nitrogens is 4. The number of ether oxygens (including phenoxy) is 1. The molecule has 2 aromatic rings. The smallest absolute Gasteiger partial charge is 0.258 e. The number of rotatable bonds is 5. The molecule has 0 radical (unpaired) electrons. The first-order chi connectivity index (χ1) is 12.5. The average molecular weight is 358 g/mol. The van der Waals surface area contributed by atoms with E-state index in [0.717, 1.165) is 31.2 Å². The van der Waals surface area contributed by atoms with E-state index in [1.165, 1.54) is 0 Å². The monoisotopic (exact) mass is 358 g/mol. The van der Waals surface area contributed by atoms with Crippen LogP contribution in [-0.4, -0.2) is 62.2 Å². The summed E-state index contributed by atoms with van der Waals surface area (Å²) in [6.45, 7) is 7.00. The summed E-state index contributed by atoms with van der Waals surface area (Å²) in [5.74, 6) is 2.20. The number of methoxy groups -OCH3 is 1. The van der Waals surface area contributed by atoms with Gasteiger partial charge in [0.15, 0.2) is 5.82 Å². The third kappa shape index (κ3) is 3.70. The fourth-order valence-electron chi connectivity index (χ4n) is 3.00. The lowest BCUT2D eigenvalue weighted by Gasteiger charge is -2.20. The molecular weight excluding hydrogens is 332 g/mol. The number of nitrogens with zero attached hydrogens (tertiary/aromatic N) is 6. The summed E-state index contributed by atoms with van der Waals surface area (Å²) in [5, 5.41) is 8.71. The molecule has 8 heteroatoms. The van der Waals surface area contributed by atoms with Crippen molar-refractivity contribution in [2.45, 2.75) is 45.9 Å². The van der Waals surface area contributed by atoms with E-state index in [2.05, 4.69) is 45.5 Å². The normalized spacial score (nSPS) is 14.5. The summed E-state index contributed by atoms with van der Waals surface area (Å²) < 4.78 is 7.43. The molecule has 0 bridgehead atoms. The molecular formula is C18H26N6O2. The molecule has 1 aliphatic heterocycles. The van der Waals surface area contributed by atoms with Crippen LogP contribution in [0.25, 0.3) is 0 Å². The van der Waals surface area contributed by atoms with Crippen molar-refractivity contribution in [1.29, 1.82) is 0 Å². The van der Waals surface area contributed by atoms with E-state index in [0.29, 0.717) is 30.4 Å². The minimum atomic E-state index is -0.0680. The molecule has 8 nitrogen and oxygen atoms in total. The predicted octanol–water partition coefficient (Wildman–Crippen LogP) is 1.57. The molecule has 140 valence electrons. The highest BCUT2D eigenvalue weighted by Crippen LogP contribution is 2.21. The average Bonchev–Trinajstić information content (AvgIpc) is 2.88. The van der Waals surface area contributed by atoms with Crippen LogP contribution in [0.5, 0.6) is 5.75 Å². The van der Waals surface area contributed by atoms with E-state index in [1.54, 1.807) is 30.5 Å². The van der Waals surface area contributed by atoms with Crippen molar-refractivity contribution in [3.8, 4) is 5.75 Å². The highest BCUT2D eigenvalue weighted by Gasteiger charge is 2.25. The first-order valence-corrected chi connectivity index (χ1v) is 8.89. The molecule has 0 fully saturated rings. The minimum absolute atomic E-state index is 0.0680. The zero-order valence-corrected chi connectivity index (χ0v) is 15.8. The van der Waals surface area contributed by atoms with E-state index in [1.807, 2.05) is 0 Å². The zero-order valence-electron chi connectivity index (χ0n) is 15.8. The fraction of sp³-hybridized carbons (Fsp3) is 0.556. The summed E-state index contributed by atoms with van der Waals surface area (Å²) in [4.78, 5) is 21.0. The summed E-state index contributed by atoms with van der Waals surface area (Å²) in [6.07, 6.45) is 4.03. The highest BCUT2D eigenvalue weighted by molar-refractivity contribution is 5.96. The Morgan fingerprint density at radius 2 is 2.15 bits per heavy atom. The van der Waals surface area contributed by atoms with Gasteiger partial charge < -0.3 is 14.2 Å². The summed E-state index contributed by atoms with van der Waals surface area (Å²) in [7, 11) is 3.62. The Morgan fingerprint density at radius 1 is 1.35 bits per heavy atom. The van der Waals surface area contributed by atoms with Crippen molar-refractivity contribution >= 4 is 5.91 Å². The number of hydrogen-bond donors (Lipinski definition) is 0. The van der Waals surface area contributed by atoms with Crippen LogP contribution < -0.4 is 4.74 Å². The molecule has 0 saturated carbocycles. The van der Waals surface area contributed by atoms with Crippen LogP contribution in [0.1, 0.15) is 42.3 Å². The maximum Gasteiger partial charge on any atom is 0.258 e. The SMILES string of the molecule is COc1cnccc1C(=O)N1CCCn2c(nnc2CN(C)C(C)C)C1. The molecule has 1 aliphatic rings. The number of fused-ring (bicyclic) bond motifs is 1. The molecule has 0 aromatic carbocycles. The second-order valence-electron chi connectivity index (χ2n) is 6.85. The van der Waals surface area contributed by atoms with Gasteiger partial charge in [-0.05, 0) is 33.4 Å². The summed E-state index contributed by atoms with van der Waals surface area (Å²) in [5.41, 5.74) is 0.523. The van der Waals surface area contributed by atoms with Gasteiger partial charge in [0, 0.05) is 25.3 Å². The molecule has 2 aromatic heterocycles. The molecule has 0 unspecified atom stereocenters. The fourth-order valence-corrected chi connectivity index (χ4v) is 3.00. The maximum atomic E-state index is 13.0. The van der Waals surface area contributed by atoms with Gasteiger partial charge >= 0.3 is 0 Å². The largest absolute Gasteiger partial charge is 0.494 e. The van der Waals surface area contributed by atoms with Gasteiger partial charge in [-0.15, -0.1) is 10.2 Å². The Balaban J connectivity index is 1.80. The number of carbonyl (C=O) groups excluding carboxylic acids is 1. The Hall–Kier alpha value is -2.48. The van der Waals surface area contributed by atoms with Gasteiger partial charge in [-0.25, -0.2) is 0 Å². The topological polar surface area (TPSA) is 76.4 Å². The molecule has 0 spiro atoms. The van der Waals surface area contributed by atoms with Crippen LogP contribution in [0.4, 0.5) is 0 Å². The molecule has 3 heterocycles. The molecule has 0 aliphatic carbocycles. The number of hydrogen-bond acceptors (Lipinski definition) is 6. The Morgan fingerprint density at radius 3 is 2.88 bits per heavy atom. The second-order valence-corrected chi connectivity index (χ2v) is 6.85. The Bertz CT molecular complexity index is 773. The molecule has 26 heavy (non-hydrogen) atoms. The molecule has 0 N–H and O–H groups in total. The molecule has 0 atom stereocenters. The van der Waals surface area contributed by atoms with Crippen molar-refractivity contribution < 1.29 is 9.53 Å². The van der Waals surface area contributed by atoms with E-state index in [9.17, 15) is 4.79 Å². The van der Waals surface area contributed by atoms with Gasteiger partial charge in [0.2, 0.25) is 0 Å². The highest BCUT2D eigenvalue weighted by atomic mass is 16.5. The molecule has 1 amide bonds. The van der Waals surface area contributed by atoms with Crippen molar-refractivity contribution in [3.05, 3.63) is 35.7 Å². The molecule has 0 saturated heterocycles. The van der Waals surface area contributed by atoms with Crippen molar-refractivity contribution in [2.24, 2.45) is 0 Å². The predicted molar refractivity (Wildman–Crippen MR) is 96.8 cm³/mol. The lowest BCUT2D eigenvalue weighted by molar-refractivity contribution is 0.0740. The third-order valence-corrected chi connectivity index (χ3v) is 4.84. The van der Waals surface area contributed by atoms with Crippen LogP contribution in [0, 0.1) is 0 Å². The molecule has 3 rings (SSSR count). The van der Waals surface area contributed by atoms with Crippen molar-refractivity contribution in [3.63, 3.8) is 0 Å². The summed E-state index contributed by atoms with van der Waals surface area (Å²) >= 11 is 0. The van der Waals surface area contributed by atoms with Crippen LogP contribution in [0.15, 0.2) is 18.5 Å². The first kappa shape index (κ1) is 18.3. The van der Waals surface area contributed by atoms with Crippen molar-refractivity contribution in [1.82, 2.24) is 29.5 Å².